The van der Waals surface area contributed by atoms with Gasteiger partial charge in [0, 0.05) is 4.88 Å². The summed E-state index contributed by atoms with van der Waals surface area (Å²) in [5.74, 6) is 0.385. The van der Waals surface area contributed by atoms with E-state index in [1.807, 2.05) is 13.0 Å². The van der Waals surface area contributed by atoms with Gasteiger partial charge in [-0.15, -0.1) is 11.3 Å². The third-order valence-corrected chi connectivity index (χ3v) is 5.90. The first-order valence-corrected chi connectivity index (χ1v) is 9.72. The molecule has 0 fully saturated rings. The number of thiocarbonyl (C=S) groups is 1. The van der Waals surface area contributed by atoms with Gasteiger partial charge in [0.15, 0.2) is 5.11 Å². The van der Waals surface area contributed by atoms with Gasteiger partial charge in [-0.1, -0.05) is 13.0 Å². The fourth-order valence-electron chi connectivity index (χ4n) is 3.16. The molecule has 1 unspecified atom stereocenters. The molecule has 0 amide bonds. The number of nitrogens with one attached hydrogen (secondary N) is 2. The molecule has 1 heterocycles. The number of hydrogen-bond donors (Lipinski definition) is 3. The minimum Gasteiger partial charge on any atom is -0.506 e. The smallest absolute Gasteiger partial charge is 0.341 e. The van der Waals surface area contributed by atoms with Crippen LogP contribution in [-0.2, 0) is 17.6 Å². The number of methoxy groups -OCH3 is 1. The van der Waals surface area contributed by atoms with E-state index in [4.69, 9.17) is 17.0 Å². The molecular formula is C19H22N2O3S2. The van der Waals surface area contributed by atoms with Crippen LogP contribution in [0.2, 0.25) is 0 Å². The Bertz CT molecular complexity index is 861. The van der Waals surface area contributed by atoms with Gasteiger partial charge in [0.05, 0.1) is 18.4 Å². The molecule has 1 aromatic heterocycles. The summed E-state index contributed by atoms with van der Waals surface area (Å²) < 4.78 is 4.98. The molecule has 1 atom stereocenters. The molecule has 0 bridgehead atoms. The molecular weight excluding hydrogens is 368 g/mol. The van der Waals surface area contributed by atoms with Crippen molar-refractivity contribution in [1.29, 1.82) is 0 Å². The summed E-state index contributed by atoms with van der Waals surface area (Å²) in [5, 5.41) is 17.1. The molecule has 1 aliphatic rings. The van der Waals surface area contributed by atoms with E-state index in [1.165, 1.54) is 12.0 Å². The number of anilines is 2. The Morgan fingerprint density at radius 1 is 1.38 bits per heavy atom. The van der Waals surface area contributed by atoms with Crippen LogP contribution in [0.25, 0.3) is 0 Å². The number of aryl methyl sites for hydroxylation is 1. The zero-order chi connectivity index (χ0) is 18.8. The third kappa shape index (κ3) is 3.83. The molecule has 3 rings (SSSR count). The molecule has 0 saturated carbocycles. The van der Waals surface area contributed by atoms with Crippen LogP contribution >= 0.6 is 23.6 Å². The van der Waals surface area contributed by atoms with Gasteiger partial charge in [0.1, 0.15) is 10.8 Å². The van der Waals surface area contributed by atoms with E-state index < -0.39 is 0 Å². The minimum atomic E-state index is -0.347. The highest BCUT2D eigenvalue weighted by molar-refractivity contribution is 7.80. The highest BCUT2D eigenvalue weighted by Gasteiger charge is 2.28. The minimum absolute atomic E-state index is 0.127. The summed E-state index contributed by atoms with van der Waals surface area (Å²) >= 11 is 6.93. The average molecular weight is 391 g/mol. The van der Waals surface area contributed by atoms with Crippen molar-refractivity contribution < 1.29 is 14.6 Å². The van der Waals surface area contributed by atoms with Gasteiger partial charge in [-0.3, -0.25) is 0 Å². The van der Waals surface area contributed by atoms with E-state index >= 15 is 0 Å². The monoisotopic (exact) mass is 390 g/mol. The molecule has 3 N–H and O–H groups in total. The molecule has 26 heavy (non-hydrogen) atoms. The molecule has 1 aliphatic carbocycles. The van der Waals surface area contributed by atoms with E-state index in [2.05, 4.69) is 17.6 Å². The number of fused-ring (bicyclic) bond motifs is 1. The lowest BCUT2D eigenvalue weighted by molar-refractivity contribution is 0.0601. The second-order valence-corrected chi connectivity index (χ2v) is 8.16. The van der Waals surface area contributed by atoms with Crippen molar-refractivity contribution in [1.82, 2.24) is 0 Å². The van der Waals surface area contributed by atoms with Crippen LogP contribution in [0.1, 0.15) is 39.7 Å². The third-order valence-electron chi connectivity index (χ3n) is 4.53. The fourth-order valence-corrected chi connectivity index (χ4v) is 4.84. The number of carbonyl (C=O) groups excluding carboxylic acids is 1. The number of rotatable bonds is 3. The van der Waals surface area contributed by atoms with E-state index in [0.29, 0.717) is 27.3 Å². The summed E-state index contributed by atoms with van der Waals surface area (Å²) in [6.45, 7) is 4.12. The summed E-state index contributed by atoms with van der Waals surface area (Å²) in [6.07, 6.45) is 2.90. The predicted octanol–water partition coefficient (Wildman–Crippen LogP) is 4.48. The summed E-state index contributed by atoms with van der Waals surface area (Å²) in [5.41, 5.74) is 3.13. The van der Waals surface area contributed by atoms with Crippen molar-refractivity contribution in [3.8, 4) is 5.75 Å². The van der Waals surface area contributed by atoms with E-state index in [1.54, 1.807) is 23.5 Å². The number of hydrogen-bond acceptors (Lipinski definition) is 5. The van der Waals surface area contributed by atoms with Crippen molar-refractivity contribution in [2.75, 3.05) is 17.7 Å². The van der Waals surface area contributed by atoms with E-state index in [-0.39, 0.29) is 11.7 Å². The van der Waals surface area contributed by atoms with Gasteiger partial charge >= 0.3 is 5.97 Å². The first kappa shape index (κ1) is 18.7. The highest BCUT2D eigenvalue weighted by atomic mass is 32.1. The average Bonchev–Trinajstić information content (AvgIpc) is 2.93. The Morgan fingerprint density at radius 3 is 2.85 bits per heavy atom. The maximum Gasteiger partial charge on any atom is 0.341 e. The number of ether oxygens (including phenoxy) is 1. The normalized spacial score (nSPS) is 15.9. The van der Waals surface area contributed by atoms with Crippen LogP contribution in [0.15, 0.2) is 18.2 Å². The van der Waals surface area contributed by atoms with Crippen molar-refractivity contribution in [3.63, 3.8) is 0 Å². The second kappa shape index (κ2) is 7.63. The SMILES string of the molecule is COC(=O)c1c(NC(=S)Nc2ccc(C)cc2O)sc2c1CCC(C)C2. The first-order valence-electron chi connectivity index (χ1n) is 8.49. The van der Waals surface area contributed by atoms with Crippen molar-refractivity contribution in [2.24, 2.45) is 5.92 Å². The maximum atomic E-state index is 12.3. The van der Waals surface area contributed by atoms with Gasteiger partial charge in [-0.25, -0.2) is 4.79 Å². The van der Waals surface area contributed by atoms with E-state index in [0.717, 1.165) is 30.4 Å². The van der Waals surface area contributed by atoms with Crippen LogP contribution in [-0.4, -0.2) is 23.3 Å². The lowest BCUT2D eigenvalue weighted by Gasteiger charge is -2.18. The lowest BCUT2D eigenvalue weighted by Crippen LogP contribution is -2.20. The number of aromatic hydroxyl groups is 1. The van der Waals surface area contributed by atoms with Gasteiger partial charge in [0.2, 0.25) is 0 Å². The van der Waals surface area contributed by atoms with Crippen LogP contribution < -0.4 is 10.6 Å². The Hall–Kier alpha value is -2.12. The summed E-state index contributed by atoms with van der Waals surface area (Å²) in [4.78, 5) is 13.5. The molecule has 138 valence electrons. The second-order valence-electron chi connectivity index (χ2n) is 6.65. The Morgan fingerprint density at radius 2 is 2.15 bits per heavy atom. The number of carbonyl (C=O) groups is 1. The number of phenolic OH excluding ortho intramolecular Hbond substituents is 1. The number of thiophene rings is 1. The zero-order valence-electron chi connectivity index (χ0n) is 15.0. The van der Waals surface area contributed by atoms with Crippen LogP contribution in [0.5, 0.6) is 5.75 Å². The van der Waals surface area contributed by atoms with Gasteiger partial charge in [-0.05, 0) is 67.6 Å². The molecule has 0 aliphatic heterocycles. The molecule has 0 saturated heterocycles. The summed E-state index contributed by atoms with van der Waals surface area (Å²) in [6, 6.07) is 5.31. The van der Waals surface area contributed by atoms with Crippen molar-refractivity contribution in [3.05, 3.63) is 39.8 Å². The van der Waals surface area contributed by atoms with Gasteiger partial charge < -0.3 is 20.5 Å². The molecule has 1 aromatic carbocycles. The van der Waals surface area contributed by atoms with Crippen LogP contribution in [0.4, 0.5) is 10.7 Å². The van der Waals surface area contributed by atoms with Crippen molar-refractivity contribution >= 4 is 45.3 Å². The maximum absolute atomic E-state index is 12.3. The van der Waals surface area contributed by atoms with Crippen LogP contribution in [0, 0.1) is 12.8 Å². The van der Waals surface area contributed by atoms with Gasteiger partial charge in [-0.2, -0.15) is 0 Å². The topological polar surface area (TPSA) is 70.6 Å². The fraction of sp³-hybridized carbons (Fsp3) is 0.368. The largest absolute Gasteiger partial charge is 0.506 e. The number of phenols is 1. The highest BCUT2D eigenvalue weighted by Crippen LogP contribution is 2.40. The quantitative estimate of drug-likeness (QED) is 0.408. The zero-order valence-corrected chi connectivity index (χ0v) is 16.6. The van der Waals surface area contributed by atoms with Gasteiger partial charge in [0.25, 0.3) is 0 Å². The molecule has 0 spiro atoms. The number of esters is 1. The van der Waals surface area contributed by atoms with Crippen molar-refractivity contribution in [2.45, 2.75) is 33.1 Å². The Balaban J connectivity index is 1.84. The molecule has 2 aromatic rings. The molecule has 7 heteroatoms. The standard InChI is InChI=1S/C19H22N2O3S2/c1-10-5-7-13(14(22)8-10)20-19(25)21-17-16(18(23)24-3)12-6-4-11(2)9-15(12)26-17/h5,7-8,11,22H,4,6,9H2,1-3H3,(H2,20,21,25). The van der Waals surface area contributed by atoms with E-state index in [9.17, 15) is 9.90 Å². The Kier molecular flexibility index (Phi) is 5.48. The number of benzene rings is 1. The summed E-state index contributed by atoms with van der Waals surface area (Å²) in [7, 11) is 1.39. The Labute approximate surface area is 162 Å². The molecule has 0 radical (unpaired) electrons. The first-order chi connectivity index (χ1) is 12.4. The molecule has 5 nitrogen and oxygen atoms in total. The van der Waals surface area contributed by atoms with Crippen LogP contribution in [0.3, 0.4) is 0 Å². The predicted molar refractivity (Wildman–Crippen MR) is 110 cm³/mol. The lowest BCUT2D eigenvalue weighted by atomic mass is 9.88.